The second-order valence-electron chi connectivity index (χ2n) is 6.53. The van der Waals surface area contributed by atoms with E-state index < -0.39 is 11.8 Å². The lowest BCUT2D eigenvalue weighted by atomic mass is 10.1. The molecule has 0 aromatic heterocycles. The summed E-state index contributed by atoms with van der Waals surface area (Å²) < 4.78 is 10.8. The van der Waals surface area contributed by atoms with E-state index in [-0.39, 0.29) is 18.3 Å². The van der Waals surface area contributed by atoms with Crippen molar-refractivity contribution >= 4 is 29.1 Å². The van der Waals surface area contributed by atoms with E-state index in [1.54, 1.807) is 54.6 Å². The van der Waals surface area contributed by atoms with Gasteiger partial charge in [0.1, 0.15) is 11.5 Å². The minimum Gasteiger partial charge on any atom is -0.494 e. The molecular formula is C23H18N2O5. The Morgan fingerprint density at radius 3 is 2.17 bits per heavy atom. The maximum absolute atomic E-state index is 12.7. The number of nitrogens with one attached hydrogen (secondary N) is 1. The van der Waals surface area contributed by atoms with E-state index in [4.69, 9.17) is 9.47 Å². The van der Waals surface area contributed by atoms with E-state index in [0.29, 0.717) is 28.3 Å². The number of para-hydroxylation sites is 1. The topological polar surface area (TPSA) is 84.9 Å². The number of methoxy groups -OCH3 is 1. The van der Waals surface area contributed by atoms with Gasteiger partial charge in [-0.3, -0.25) is 14.4 Å². The quantitative estimate of drug-likeness (QED) is 0.638. The highest BCUT2D eigenvalue weighted by Gasteiger charge is 2.37. The van der Waals surface area contributed by atoms with Crippen LogP contribution >= 0.6 is 0 Å². The Kier molecular flexibility index (Phi) is 5.17. The predicted octanol–water partition coefficient (Wildman–Crippen LogP) is 3.51. The van der Waals surface area contributed by atoms with Crippen molar-refractivity contribution in [1.82, 2.24) is 0 Å². The van der Waals surface area contributed by atoms with Crippen LogP contribution in [0.1, 0.15) is 20.7 Å². The van der Waals surface area contributed by atoms with E-state index in [0.717, 1.165) is 4.90 Å². The third kappa shape index (κ3) is 3.60. The first-order valence-electron chi connectivity index (χ1n) is 9.22. The fourth-order valence-electron chi connectivity index (χ4n) is 3.21. The number of hydrogen-bond donors (Lipinski definition) is 1. The van der Waals surface area contributed by atoms with Crippen LogP contribution in [-0.2, 0) is 4.79 Å². The smallest absolute Gasteiger partial charge is 0.266 e. The molecule has 7 heteroatoms. The number of carbonyl (C=O) groups is 3. The first-order valence-corrected chi connectivity index (χ1v) is 9.22. The van der Waals surface area contributed by atoms with Crippen molar-refractivity contribution in [2.45, 2.75) is 0 Å². The number of amides is 3. The summed E-state index contributed by atoms with van der Waals surface area (Å²) in [4.78, 5) is 38.7. The summed E-state index contributed by atoms with van der Waals surface area (Å²) >= 11 is 0. The third-order valence-electron chi connectivity index (χ3n) is 4.61. The summed E-state index contributed by atoms with van der Waals surface area (Å²) in [5.74, 6) is -0.309. The highest BCUT2D eigenvalue weighted by molar-refractivity contribution is 6.34. The van der Waals surface area contributed by atoms with Crippen molar-refractivity contribution in [3.63, 3.8) is 0 Å². The fraction of sp³-hybridized carbons (Fsp3) is 0.0870. The zero-order valence-corrected chi connectivity index (χ0v) is 16.1. The Balaban J connectivity index is 1.50. The minimum atomic E-state index is -0.415. The van der Waals surface area contributed by atoms with E-state index in [1.807, 2.05) is 18.2 Å². The summed E-state index contributed by atoms with van der Waals surface area (Å²) in [5, 5.41) is 2.71. The maximum Gasteiger partial charge on any atom is 0.266 e. The van der Waals surface area contributed by atoms with Gasteiger partial charge in [0.25, 0.3) is 17.7 Å². The standard InChI is InChI=1S/C23H18N2O5/c1-29-20-13-15(24-21(26)14-30-16-7-3-2-4-8-16)11-12-19(20)25-22(27)17-9-5-6-10-18(17)23(25)28/h2-13H,14H2,1H3,(H,24,26). The van der Waals surface area contributed by atoms with Gasteiger partial charge < -0.3 is 14.8 Å². The Bertz CT molecular complexity index is 1090. The molecule has 1 aliphatic heterocycles. The van der Waals surface area contributed by atoms with Crippen molar-refractivity contribution in [2.75, 3.05) is 23.9 Å². The Morgan fingerprint density at radius 1 is 0.900 bits per heavy atom. The van der Waals surface area contributed by atoms with Crippen molar-refractivity contribution in [2.24, 2.45) is 0 Å². The lowest BCUT2D eigenvalue weighted by Crippen LogP contribution is -2.29. The molecule has 150 valence electrons. The van der Waals surface area contributed by atoms with Crippen LogP contribution < -0.4 is 19.7 Å². The third-order valence-corrected chi connectivity index (χ3v) is 4.61. The van der Waals surface area contributed by atoms with Crippen LogP contribution in [0.4, 0.5) is 11.4 Å². The van der Waals surface area contributed by atoms with Crippen molar-refractivity contribution in [3.05, 3.63) is 83.9 Å². The monoisotopic (exact) mass is 402 g/mol. The maximum atomic E-state index is 12.7. The first-order chi connectivity index (χ1) is 14.6. The van der Waals surface area contributed by atoms with Gasteiger partial charge in [0.05, 0.1) is 23.9 Å². The molecule has 0 unspecified atom stereocenters. The largest absolute Gasteiger partial charge is 0.494 e. The second kappa shape index (κ2) is 8.08. The van der Waals surface area contributed by atoms with Gasteiger partial charge in [0.2, 0.25) is 0 Å². The molecule has 3 amide bonds. The molecule has 0 atom stereocenters. The van der Waals surface area contributed by atoms with Gasteiger partial charge in [-0.2, -0.15) is 0 Å². The number of anilines is 2. The van der Waals surface area contributed by atoms with E-state index in [2.05, 4.69) is 5.32 Å². The molecule has 30 heavy (non-hydrogen) atoms. The Labute approximate surface area is 172 Å². The van der Waals surface area contributed by atoms with Crippen LogP contribution in [0.5, 0.6) is 11.5 Å². The average molecular weight is 402 g/mol. The molecule has 3 aromatic rings. The summed E-state index contributed by atoms with van der Waals surface area (Å²) in [6.45, 7) is -0.160. The molecule has 0 spiro atoms. The Hall–Kier alpha value is -4.13. The first kappa shape index (κ1) is 19.2. The number of imide groups is 1. The Morgan fingerprint density at radius 2 is 1.53 bits per heavy atom. The van der Waals surface area contributed by atoms with Crippen LogP contribution in [-0.4, -0.2) is 31.4 Å². The SMILES string of the molecule is COc1cc(NC(=O)COc2ccccc2)ccc1N1C(=O)c2ccccc2C1=O. The van der Waals surface area contributed by atoms with Crippen LogP contribution in [0.3, 0.4) is 0 Å². The van der Waals surface area contributed by atoms with Crippen LogP contribution in [0.25, 0.3) is 0 Å². The molecule has 4 rings (SSSR count). The second-order valence-corrected chi connectivity index (χ2v) is 6.53. The van der Waals surface area contributed by atoms with E-state index >= 15 is 0 Å². The fourth-order valence-corrected chi connectivity index (χ4v) is 3.21. The molecule has 0 saturated carbocycles. The van der Waals surface area contributed by atoms with Gasteiger partial charge in [-0.1, -0.05) is 30.3 Å². The molecule has 0 radical (unpaired) electrons. The van der Waals surface area contributed by atoms with E-state index in [1.165, 1.54) is 7.11 Å². The van der Waals surface area contributed by atoms with Crippen LogP contribution in [0, 0.1) is 0 Å². The summed E-state index contributed by atoms with van der Waals surface area (Å²) in [7, 11) is 1.43. The molecule has 1 N–H and O–H groups in total. The number of hydrogen-bond acceptors (Lipinski definition) is 5. The summed E-state index contributed by atoms with van der Waals surface area (Å²) in [6, 6.07) is 20.4. The van der Waals surface area contributed by atoms with Gasteiger partial charge in [0.15, 0.2) is 6.61 Å². The van der Waals surface area contributed by atoms with Crippen molar-refractivity contribution < 1.29 is 23.9 Å². The summed E-state index contributed by atoms with van der Waals surface area (Å²) in [6.07, 6.45) is 0. The number of rotatable bonds is 6. The lowest BCUT2D eigenvalue weighted by Gasteiger charge is -2.18. The number of nitrogens with zero attached hydrogens (tertiary/aromatic N) is 1. The van der Waals surface area contributed by atoms with Crippen LogP contribution in [0.2, 0.25) is 0 Å². The highest BCUT2D eigenvalue weighted by Crippen LogP contribution is 2.36. The van der Waals surface area contributed by atoms with E-state index in [9.17, 15) is 14.4 Å². The summed E-state index contributed by atoms with van der Waals surface area (Å²) in [5.41, 5.74) is 1.45. The molecule has 1 heterocycles. The molecule has 0 saturated heterocycles. The van der Waals surface area contributed by atoms with Gasteiger partial charge in [-0.05, 0) is 36.4 Å². The normalized spacial score (nSPS) is 12.5. The number of ether oxygens (including phenoxy) is 2. The number of benzene rings is 3. The van der Waals surface area contributed by atoms with Gasteiger partial charge in [-0.25, -0.2) is 4.90 Å². The molecule has 0 fully saturated rings. The molecule has 7 nitrogen and oxygen atoms in total. The predicted molar refractivity (Wildman–Crippen MR) is 111 cm³/mol. The number of fused-ring (bicyclic) bond motifs is 1. The van der Waals surface area contributed by atoms with Crippen LogP contribution in [0.15, 0.2) is 72.8 Å². The van der Waals surface area contributed by atoms with Gasteiger partial charge in [-0.15, -0.1) is 0 Å². The van der Waals surface area contributed by atoms with Gasteiger partial charge >= 0.3 is 0 Å². The zero-order chi connectivity index (χ0) is 21.1. The van der Waals surface area contributed by atoms with Gasteiger partial charge in [0, 0.05) is 11.8 Å². The molecule has 1 aliphatic rings. The molecule has 3 aromatic carbocycles. The lowest BCUT2D eigenvalue weighted by molar-refractivity contribution is -0.118. The molecular weight excluding hydrogens is 384 g/mol. The van der Waals surface area contributed by atoms with Crippen molar-refractivity contribution in [3.8, 4) is 11.5 Å². The minimum absolute atomic E-state index is 0.160. The van der Waals surface area contributed by atoms with Crippen molar-refractivity contribution in [1.29, 1.82) is 0 Å². The molecule has 0 bridgehead atoms. The average Bonchev–Trinajstić information content (AvgIpc) is 3.03. The highest BCUT2D eigenvalue weighted by atomic mass is 16.5. The molecule has 0 aliphatic carbocycles. The number of carbonyl (C=O) groups excluding carboxylic acids is 3. The zero-order valence-electron chi connectivity index (χ0n) is 16.1.